The number of rotatable bonds is 6. The fourth-order valence-electron chi connectivity index (χ4n) is 4.51. The predicted molar refractivity (Wildman–Crippen MR) is 153 cm³/mol. The molecule has 0 fully saturated rings. The van der Waals surface area contributed by atoms with Crippen LogP contribution in [0.5, 0.6) is 5.75 Å². The maximum absolute atomic E-state index is 11.4. The molecule has 38 heavy (non-hydrogen) atoms. The first-order chi connectivity index (χ1) is 18.4. The first-order valence-corrected chi connectivity index (χ1v) is 14.4. The number of aromatic amines is 2. The summed E-state index contributed by atoms with van der Waals surface area (Å²) < 4.78 is 28.7. The Labute approximate surface area is 220 Å². The summed E-state index contributed by atoms with van der Waals surface area (Å²) in [5, 5.41) is 0. The van der Waals surface area contributed by atoms with E-state index in [4.69, 9.17) is 14.7 Å². The van der Waals surface area contributed by atoms with Gasteiger partial charge in [-0.05, 0) is 90.9 Å². The van der Waals surface area contributed by atoms with E-state index < -0.39 is 9.84 Å². The van der Waals surface area contributed by atoms with Crippen molar-refractivity contribution in [1.82, 2.24) is 19.9 Å². The van der Waals surface area contributed by atoms with Crippen molar-refractivity contribution in [3.8, 4) is 5.75 Å². The van der Waals surface area contributed by atoms with Gasteiger partial charge in [-0.2, -0.15) is 0 Å². The van der Waals surface area contributed by atoms with Crippen LogP contribution < -0.4 is 4.74 Å². The van der Waals surface area contributed by atoms with Crippen LogP contribution in [0.25, 0.3) is 45.9 Å². The van der Waals surface area contributed by atoms with Gasteiger partial charge < -0.3 is 14.7 Å². The van der Waals surface area contributed by atoms with Crippen LogP contribution >= 0.6 is 0 Å². The smallest absolute Gasteiger partial charge is 0.147 e. The van der Waals surface area contributed by atoms with Crippen LogP contribution in [0, 0.1) is 0 Å². The highest BCUT2D eigenvalue weighted by molar-refractivity contribution is 7.90. The number of H-pyrrole nitrogens is 2. The molecule has 0 radical (unpaired) electrons. The lowest BCUT2D eigenvalue weighted by molar-refractivity contribution is 0.317. The molecule has 2 aliphatic heterocycles. The van der Waals surface area contributed by atoms with Gasteiger partial charge in [-0.25, -0.2) is 18.4 Å². The van der Waals surface area contributed by atoms with E-state index >= 15 is 0 Å². The molecule has 0 saturated carbocycles. The number of fused-ring (bicyclic) bond motifs is 8. The van der Waals surface area contributed by atoms with E-state index in [0.717, 1.165) is 56.0 Å². The summed E-state index contributed by atoms with van der Waals surface area (Å²) in [6, 6.07) is 24.0. The van der Waals surface area contributed by atoms with E-state index in [0.29, 0.717) is 18.8 Å². The molecule has 0 amide bonds. The largest absolute Gasteiger partial charge is 0.494 e. The normalized spacial score (nSPS) is 12.9. The zero-order chi connectivity index (χ0) is 26.1. The molecule has 7 nitrogen and oxygen atoms in total. The predicted octanol–water partition coefficient (Wildman–Crippen LogP) is 5.89. The lowest BCUT2D eigenvalue weighted by Crippen LogP contribution is -2.08. The molecule has 2 aliphatic rings. The van der Waals surface area contributed by atoms with Crippen LogP contribution in [-0.4, -0.2) is 47.0 Å². The minimum absolute atomic E-state index is 0.104. The number of hydrogen-bond donors (Lipinski definition) is 2. The second-order valence-corrected chi connectivity index (χ2v) is 11.7. The van der Waals surface area contributed by atoms with Gasteiger partial charge in [-0.1, -0.05) is 12.1 Å². The van der Waals surface area contributed by atoms with Crippen LogP contribution in [0.4, 0.5) is 0 Å². The average Bonchev–Trinajstić information content (AvgIpc) is 3.67. The fourth-order valence-corrected chi connectivity index (χ4v) is 5.15. The van der Waals surface area contributed by atoms with Gasteiger partial charge in [0.1, 0.15) is 15.6 Å². The third-order valence-corrected chi connectivity index (χ3v) is 7.27. The molecule has 0 atom stereocenters. The van der Waals surface area contributed by atoms with Crippen molar-refractivity contribution in [3.63, 3.8) is 0 Å². The van der Waals surface area contributed by atoms with Crippen molar-refractivity contribution < 1.29 is 13.2 Å². The monoisotopic (exact) mass is 522 g/mol. The van der Waals surface area contributed by atoms with E-state index in [1.54, 1.807) is 0 Å². The van der Waals surface area contributed by atoms with Crippen LogP contribution in [0.2, 0.25) is 0 Å². The summed E-state index contributed by atoms with van der Waals surface area (Å²) >= 11 is 0. The maximum Gasteiger partial charge on any atom is 0.147 e. The van der Waals surface area contributed by atoms with Gasteiger partial charge in [0.25, 0.3) is 0 Å². The SMILES string of the molecule is CS(=O)(=O)CCCOc1cccc(C2=Cc3cc4ccc(cc5ccc(cc6nc(cc2n3)C=C6)[nH]5)[nH]4)c1. The lowest BCUT2D eigenvalue weighted by Gasteiger charge is -2.08. The molecule has 8 heteroatoms. The van der Waals surface area contributed by atoms with Crippen molar-refractivity contribution in [2.45, 2.75) is 6.42 Å². The Morgan fingerprint density at radius 3 is 2.13 bits per heavy atom. The third kappa shape index (κ3) is 5.60. The zero-order valence-electron chi connectivity index (χ0n) is 20.8. The second-order valence-electron chi connectivity index (χ2n) is 9.45. The minimum Gasteiger partial charge on any atom is -0.494 e. The molecule has 0 aliphatic carbocycles. The van der Waals surface area contributed by atoms with E-state index in [1.807, 2.05) is 78.9 Å². The van der Waals surface area contributed by atoms with E-state index in [9.17, 15) is 8.42 Å². The Morgan fingerprint density at radius 2 is 1.42 bits per heavy atom. The Hall–Kier alpha value is -4.43. The quantitative estimate of drug-likeness (QED) is 0.266. The number of nitrogens with zero attached hydrogens (tertiary/aromatic N) is 2. The van der Waals surface area contributed by atoms with Crippen molar-refractivity contribution >= 4 is 55.7 Å². The van der Waals surface area contributed by atoms with Crippen LogP contribution in [0.3, 0.4) is 0 Å². The summed E-state index contributed by atoms with van der Waals surface area (Å²) in [6.45, 7) is 0.332. The Morgan fingerprint density at radius 1 is 0.763 bits per heavy atom. The first kappa shape index (κ1) is 23.9. The summed E-state index contributed by atoms with van der Waals surface area (Å²) in [5.74, 6) is 0.789. The van der Waals surface area contributed by atoms with Gasteiger partial charge in [0.05, 0.1) is 35.1 Å². The average molecular weight is 523 g/mol. The standard InChI is InChI=1S/C30H26N4O3S/c1-38(35,36)13-3-12-37-28-5-2-4-20(14-28)29-18-27-17-25-9-8-23(32-25)15-21-6-7-22(31-21)16-24-10-11-26(33-24)19-30(29)34-27/h2,4-11,14-19,31-32H,3,12-13H2,1H3. The molecular weight excluding hydrogens is 496 g/mol. The molecule has 2 N–H and O–H groups in total. The maximum atomic E-state index is 11.4. The van der Waals surface area contributed by atoms with Crippen molar-refractivity contribution in [3.05, 3.63) is 101 Å². The Bertz CT molecular complexity index is 1860. The van der Waals surface area contributed by atoms with Crippen molar-refractivity contribution in [2.75, 3.05) is 18.6 Å². The third-order valence-electron chi connectivity index (χ3n) is 6.24. The fraction of sp³-hybridized carbons (Fsp3) is 0.133. The highest BCUT2D eigenvalue weighted by atomic mass is 32.2. The van der Waals surface area contributed by atoms with Crippen LogP contribution in [0.1, 0.15) is 34.8 Å². The van der Waals surface area contributed by atoms with Gasteiger partial charge in [0, 0.05) is 33.9 Å². The molecule has 0 unspecified atom stereocenters. The summed E-state index contributed by atoms with van der Waals surface area (Å²) in [4.78, 5) is 16.5. The number of benzene rings is 1. The van der Waals surface area contributed by atoms with Gasteiger partial charge in [0.2, 0.25) is 0 Å². The van der Waals surface area contributed by atoms with Gasteiger partial charge in [0.15, 0.2) is 0 Å². The number of ether oxygens (including phenoxy) is 1. The topological polar surface area (TPSA) is 101 Å². The summed E-state index contributed by atoms with van der Waals surface area (Å²) in [6.07, 6.45) is 7.72. The number of nitrogens with one attached hydrogen (secondary N) is 2. The number of aromatic nitrogens is 4. The minimum atomic E-state index is -3.01. The zero-order valence-corrected chi connectivity index (χ0v) is 21.6. The molecule has 1 aromatic carbocycles. The number of sulfone groups is 1. The Kier molecular flexibility index (Phi) is 6.17. The van der Waals surface area contributed by atoms with Crippen molar-refractivity contribution in [2.24, 2.45) is 0 Å². The highest BCUT2D eigenvalue weighted by Crippen LogP contribution is 2.31. The molecular formula is C30H26N4O3S. The van der Waals surface area contributed by atoms with Gasteiger partial charge >= 0.3 is 0 Å². The second kappa shape index (κ2) is 9.79. The molecule has 4 aromatic rings. The molecule has 5 heterocycles. The van der Waals surface area contributed by atoms with Gasteiger partial charge in [-0.15, -0.1) is 0 Å². The summed E-state index contributed by atoms with van der Waals surface area (Å²) in [5.41, 5.74) is 9.17. The number of hydrogen-bond acceptors (Lipinski definition) is 5. The lowest BCUT2D eigenvalue weighted by atomic mass is 10.0. The molecule has 190 valence electrons. The first-order valence-electron chi connectivity index (χ1n) is 12.4. The molecule has 0 saturated heterocycles. The van der Waals surface area contributed by atoms with Crippen LogP contribution in [-0.2, 0) is 9.84 Å². The van der Waals surface area contributed by atoms with E-state index in [-0.39, 0.29) is 5.75 Å². The molecule has 3 aromatic heterocycles. The van der Waals surface area contributed by atoms with E-state index in [1.165, 1.54) is 6.26 Å². The van der Waals surface area contributed by atoms with E-state index in [2.05, 4.69) is 22.1 Å². The Balaban J connectivity index is 1.42. The summed E-state index contributed by atoms with van der Waals surface area (Å²) in [7, 11) is -3.01. The van der Waals surface area contributed by atoms with Crippen LogP contribution in [0.15, 0.2) is 72.8 Å². The van der Waals surface area contributed by atoms with Gasteiger partial charge in [-0.3, -0.25) is 0 Å². The molecule has 8 bridgehead atoms. The molecule has 6 rings (SSSR count). The molecule has 0 spiro atoms. The van der Waals surface area contributed by atoms with Crippen molar-refractivity contribution in [1.29, 1.82) is 0 Å². The highest BCUT2D eigenvalue weighted by Gasteiger charge is 2.14.